The summed E-state index contributed by atoms with van der Waals surface area (Å²) in [4.78, 5) is 12.6. The van der Waals surface area contributed by atoms with E-state index in [-0.39, 0.29) is 18.7 Å². The quantitative estimate of drug-likeness (QED) is 0.681. The van der Waals surface area contributed by atoms with E-state index in [4.69, 9.17) is 9.47 Å². The summed E-state index contributed by atoms with van der Waals surface area (Å²) < 4.78 is 12.4. The van der Waals surface area contributed by atoms with Gasteiger partial charge in [0.2, 0.25) is 0 Å². The maximum absolute atomic E-state index is 12.6. The Balaban J connectivity index is 1.73. The van der Waals surface area contributed by atoms with E-state index in [0.717, 1.165) is 16.6 Å². The van der Waals surface area contributed by atoms with E-state index in [0.29, 0.717) is 16.9 Å². The van der Waals surface area contributed by atoms with Crippen LogP contribution >= 0.6 is 0 Å². The third-order valence-electron chi connectivity index (χ3n) is 4.41. The Kier molecular flexibility index (Phi) is 6.11. The smallest absolute Gasteiger partial charge is 0.274 e. The number of rotatable bonds is 7. The monoisotopic (exact) mass is 380 g/mol. The topological polar surface area (TPSA) is 73.6 Å². The number of aliphatic hydroxyl groups excluding tert-OH is 1. The lowest BCUT2D eigenvalue weighted by molar-refractivity contribution is 0.0866. The van der Waals surface area contributed by atoms with Crippen molar-refractivity contribution in [1.82, 2.24) is 9.78 Å². The second-order valence-electron chi connectivity index (χ2n) is 6.49. The van der Waals surface area contributed by atoms with Crippen molar-refractivity contribution >= 4 is 16.8 Å². The van der Waals surface area contributed by atoms with E-state index in [9.17, 15) is 9.90 Å². The van der Waals surface area contributed by atoms with E-state index < -0.39 is 6.10 Å². The van der Waals surface area contributed by atoms with Crippen LogP contribution in [0.3, 0.4) is 0 Å². The van der Waals surface area contributed by atoms with Gasteiger partial charge in [-0.3, -0.25) is 4.79 Å². The first-order valence-corrected chi connectivity index (χ1v) is 9.11. The zero-order valence-corrected chi connectivity index (χ0v) is 16.3. The number of allylic oxidation sites excluding steroid dienone is 1. The first kappa shape index (κ1) is 19.6. The van der Waals surface area contributed by atoms with Crippen molar-refractivity contribution in [1.29, 1.82) is 0 Å². The van der Waals surface area contributed by atoms with Gasteiger partial charge in [-0.25, -0.2) is 4.68 Å². The van der Waals surface area contributed by atoms with Crippen molar-refractivity contribution in [3.05, 3.63) is 70.2 Å². The molecule has 0 radical (unpaired) electrons. The number of nitrogens with zero attached hydrogens (tertiary/aromatic N) is 2. The second-order valence-corrected chi connectivity index (χ2v) is 6.49. The maximum atomic E-state index is 12.6. The highest BCUT2D eigenvalue weighted by Gasteiger charge is 2.13. The van der Waals surface area contributed by atoms with Crippen molar-refractivity contribution < 1.29 is 14.6 Å². The first-order valence-electron chi connectivity index (χ1n) is 9.11. The van der Waals surface area contributed by atoms with Gasteiger partial charge < -0.3 is 14.6 Å². The summed E-state index contributed by atoms with van der Waals surface area (Å²) in [5.41, 5.74) is 1.51. The van der Waals surface area contributed by atoms with E-state index in [1.165, 1.54) is 4.68 Å². The van der Waals surface area contributed by atoms with Gasteiger partial charge >= 0.3 is 0 Å². The predicted octanol–water partition coefficient (Wildman–Crippen LogP) is 3.19. The molecule has 1 atom stereocenters. The van der Waals surface area contributed by atoms with Crippen LogP contribution in [0.1, 0.15) is 18.2 Å². The summed E-state index contributed by atoms with van der Waals surface area (Å²) in [6.07, 6.45) is 3.00. The molecule has 1 aromatic heterocycles. The van der Waals surface area contributed by atoms with Crippen LogP contribution in [-0.2, 0) is 6.54 Å². The van der Waals surface area contributed by atoms with Gasteiger partial charge in [-0.05, 0) is 37.6 Å². The molecule has 146 valence electrons. The molecule has 0 saturated heterocycles. The van der Waals surface area contributed by atoms with E-state index in [2.05, 4.69) is 5.10 Å². The van der Waals surface area contributed by atoms with Crippen LogP contribution in [0.4, 0.5) is 0 Å². The largest absolute Gasteiger partial charge is 0.493 e. The van der Waals surface area contributed by atoms with Crippen LogP contribution in [0, 0.1) is 6.92 Å². The molecule has 2 aromatic carbocycles. The van der Waals surface area contributed by atoms with Crippen molar-refractivity contribution in [2.75, 3.05) is 13.7 Å². The zero-order chi connectivity index (χ0) is 20.1. The molecule has 6 nitrogen and oxygen atoms in total. The SMILES string of the molecule is CC=Cc1ccc(OCC(O)Cn2nc(C)c3ccccc3c2=O)c(OC)c1. The standard InChI is InChI=1S/C22H24N2O4/c1-4-7-16-10-11-20(21(12-16)27-3)28-14-17(25)13-24-22(26)19-9-6-5-8-18(19)15(2)23-24/h4-12,17,25H,13-14H2,1-3H3. The Bertz CT molecular complexity index is 1060. The highest BCUT2D eigenvalue weighted by Crippen LogP contribution is 2.28. The molecule has 3 aromatic rings. The molecule has 28 heavy (non-hydrogen) atoms. The van der Waals surface area contributed by atoms with Gasteiger partial charge in [-0.2, -0.15) is 5.10 Å². The molecule has 1 N–H and O–H groups in total. The van der Waals surface area contributed by atoms with Gasteiger partial charge in [0.1, 0.15) is 12.7 Å². The van der Waals surface area contributed by atoms with Gasteiger partial charge in [0, 0.05) is 5.39 Å². The lowest BCUT2D eigenvalue weighted by atomic mass is 10.1. The molecule has 0 amide bonds. The highest BCUT2D eigenvalue weighted by atomic mass is 16.5. The Labute approximate surface area is 163 Å². The van der Waals surface area contributed by atoms with Gasteiger partial charge in [0.05, 0.1) is 24.7 Å². The molecule has 0 bridgehead atoms. The number of ether oxygens (including phenoxy) is 2. The summed E-state index contributed by atoms with van der Waals surface area (Å²) >= 11 is 0. The number of aliphatic hydroxyl groups is 1. The first-order chi connectivity index (χ1) is 13.5. The fourth-order valence-electron chi connectivity index (χ4n) is 3.07. The Morgan fingerprint density at radius 2 is 1.93 bits per heavy atom. The average Bonchev–Trinajstić information content (AvgIpc) is 2.71. The molecule has 1 unspecified atom stereocenters. The summed E-state index contributed by atoms with van der Waals surface area (Å²) in [7, 11) is 1.57. The molecule has 0 fully saturated rings. The van der Waals surface area contributed by atoms with Gasteiger partial charge in [0.15, 0.2) is 11.5 Å². The third kappa shape index (κ3) is 4.23. The minimum atomic E-state index is -0.898. The predicted molar refractivity (Wildman–Crippen MR) is 110 cm³/mol. The number of aromatic nitrogens is 2. The summed E-state index contributed by atoms with van der Waals surface area (Å²) in [5, 5.41) is 16.1. The number of hydrogen-bond acceptors (Lipinski definition) is 5. The van der Waals surface area contributed by atoms with Crippen LogP contribution in [0.25, 0.3) is 16.8 Å². The molecule has 6 heteroatoms. The molecule has 0 aliphatic rings. The Hall–Kier alpha value is -3.12. The molecule has 1 heterocycles. The average molecular weight is 380 g/mol. The molecule has 0 spiro atoms. The number of hydrogen-bond donors (Lipinski definition) is 1. The third-order valence-corrected chi connectivity index (χ3v) is 4.41. The number of methoxy groups -OCH3 is 1. The lowest BCUT2D eigenvalue weighted by Crippen LogP contribution is -2.32. The van der Waals surface area contributed by atoms with Crippen LogP contribution < -0.4 is 15.0 Å². The normalized spacial score (nSPS) is 12.4. The minimum absolute atomic E-state index is 0.0132. The molecule has 0 saturated carbocycles. The van der Waals surface area contributed by atoms with Crippen molar-refractivity contribution in [3.63, 3.8) is 0 Å². The van der Waals surface area contributed by atoms with Crippen molar-refractivity contribution in [2.24, 2.45) is 0 Å². The van der Waals surface area contributed by atoms with Crippen LogP contribution in [0.15, 0.2) is 53.3 Å². The molecular weight excluding hydrogens is 356 g/mol. The van der Waals surface area contributed by atoms with Gasteiger partial charge in [0.25, 0.3) is 5.56 Å². The van der Waals surface area contributed by atoms with Crippen LogP contribution in [0.5, 0.6) is 11.5 Å². The van der Waals surface area contributed by atoms with E-state index in [1.54, 1.807) is 19.2 Å². The van der Waals surface area contributed by atoms with Gasteiger partial charge in [-0.15, -0.1) is 0 Å². The van der Waals surface area contributed by atoms with Crippen molar-refractivity contribution in [2.45, 2.75) is 26.5 Å². The minimum Gasteiger partial charge on any atom is -0.493 e. The lowest BCUT2D eigenvalue weighted by Gasteiger charge is -2.16. The van der Waals surface area contributed by atoms with E-state index in [1.807, 2.05) is 56.3 Å². The number of aryl methyl sites for hydroxylation is 1. The Morgan fingerprint density at radius 3 is 2.64 bits per heavy atom. The summed E-state index contributed by atoms with van der Waals surface area (Å²) in [6, 6.07) is 12.9. The fourth-order valence-corrected chi connectivity index (χ4v) is 3.07. The number of fused-ring (bicyclic) bond motifs is 1. The van der Waals surface area contributed by atoms with Crippen LogP contribution in [0.2, 0.25) is 0 Å². The van der Waals surface area contributed by atoms with Gasteiger partial charge in [-0.1, -0.05) is 36.4 Å². The van der Waals surface area contributed by atoms with E-state index >= 15 is 0 Å². The summed E-state index contributed by atoms with van der Waals surface area (Å²) in [5.74, 6) is 1.12. The molecule has 0 aliphatic carbocycles. The molecular formula is C22H24N2O4. The maximum Gasteiger partial charge on any atom is 0.274 e. The Morgan fingerprint density at radius 1 is 1.18 bits per heavy atom. The summed E-state index contributed by atoms with van der Waals surface area (Å²) in [6.45, 7) is 3.85. The highest BCUT2D eigenvalue weighted by molar-refractivity contribution is 5.83. The molecule has 0 aliphatic heterocycles. The van der Waals surface area contributed by atoms with Crippen molar-refractivity contribution in [3.8, 4) is 11.5 Å². The zero-order valence-electron chi connectivity index (χ0n) is 16.3. The second kappa shape index (κ2) is 8.71. The number of benzene rings is 2. The fraction of sp³-hybridized carbons (Fsp3) is 0.273. The molecule has 3 rings (SSSR count). The van der Waals surface area contributed by atoms with Crippen LogP contribution in [-0.4, -0.2) is 34.7 Å².